The molecule has 0 saturated carbocycles. The molecule has 0 saturated heterocycles. The van der Waals surface area contributed by atoms with Gasteiger partial charge in [0.2, 0.25) is 0 Å². The minimum absolute atomic E-state index is 0.120. The van der Waals surface area contributed by atoms with Crippen LogP contribution in [0.3, 0.4) is 0 Å². The van der Waals surface area contributed by atoms with E-state index in [9.17, 15) is 18.3 Å². The lowest BCUT2D eigenvalue weighted by Crippen LogP contribution is -2.40. The molecule has 5 heteroatoms. The molecule has 2 nitrogen and oxygen atoms in total. The Morgan fingerprint density at radius 3 is 2.53 bits per heavy atom. The van der Waals surface area contributed by atoms with Crippen LogP contribution in [0, 0.1) is 0 Å². The minimum atomic E-state index is -4.68. The maximum Gasteiger partial charge on any atom is 0.421 e. The van der Waals surface area contributed by atoms with E-state index in [4.69, 9.17) is 5.73 Å². The van der Waals surface area contributed by atoms with Crippen LogP contribution < -0.4 is 5.73 Å². The van der Waals surface area contributed by atoms with Gasteiger partial charge in [-0.05, 0) is 11.1 Å². The molecule has 1 aromatic rings. The lowest BCUT2D eigenvalue weighted by molar-refractivity contribution is -0.266. The number of hydrogen-bond acceptors (Lipinski definition) is 2. The van der Waals surface area contributed by atoms with E-state index in [1.54, 1.807) is 6.07 Å². The van der Waals surface area contributed by atoms with Gasteiger partial charge in [-0.1, -0.05) is 24.3 Å². The summed E-state index contributed by atoms with van der Waals surface area (Å²) in [5, 5.41) is 9.65. The summed E-state index contributed by atoms with van der Waals surface area (Å²) in [5.74, 6) is 0. The fourth-order valence-electron chi connectivity index (χ4n) is 2.00. The van der Waals surface area contributed by atoms with Gasteiger partial charge in [-0.15, -0.1) is 0 Å². The Balaban J connectivity index is 2.58. The summed E-state index contributed by atoms with van der Waals surface area (Å²) in [6.07, 6.45) is -5.19. The lowest BCUT2D eigenvalue weighted by atomic mass is 9.95. The Labute approximate surface area is 84.5 Å². The van der Waals surface area contributed by atoms with Gasteiger partial charge in [-0.2, -0.15) is 13.2 Å². The third-order valence-electron chi connectivity index (χ3n) is 2.79. The first kappa shape index (κ1) is 10.4. The third-order valence-corrected chi connectivity index (χ3v) is 2.79. The second kappa shape index (κ2) is 2.96. The fraction of sp³-hybridized carbons (Fsp3) is 0.400. The van der Waals surface area contributed by atoms with E-state index in [1.165, 1.54) is 18.2 Å². The highest BCUT2D eigenvalue weighted by atomic mass is 19.4. The molecule has 0 spiro atoms. The van der Waals surface area contributed by atoms with Crippen LogP contribution in [0.2, 0.25) is 0 Å². The maximum atomic E-state index is 12.7. The maximum absolute atomic E-state index is 12.7. The number of halogens is 3. The molecule has 3 N–H and O–H groups in total. The van der Waals surface area contributed by atoms with Gasteiger partial charge in [0.1, 0.15) is 0 Å². The topological polar surface area (TPSA) is 46.2 Å². The van der Waals surface area contributed by atoms with Crippen molar-refractivity contribution in [2.24, 2.45) is 5.73 Å². The molecule has 2 atom stereocenters. The normalized spacial score (nSPS) is 30.3. The molecule has 0 aromatic heterocycles. The molecule has 0 bridgehead atoms. The SMILES string of the molecule is NC1CC(O)(C(F)(F)F)c2ccccc21. The lowest BCUT2D eigenvalue weighted by Gasteiger charge is -2.26. The van der Waals surface area contributed by atoms with Crippen LogP contribution in [-0.2, 0) is 5.60 Å². The second-order valence-electron chi connectivity index (χ2n) is 3.76. The zero-order valence-electron chi connectivity index (χ0n) is 7.75. The molecule has 1 aliphatic rings. The number of alkyl halides is 3. The summed E-state index contributed by atoms with van der Waals surface area (Å²) in [6.45, 7) is 0. The van der Waals surface area contributed by atoms with Gasteiger partial charge in [-0.3, -0.25) is 0 Å². The zero-order valence-corrected chi connectivity index (χ0v) is 7.75. The zero-order chi connectivity index (χ0) is 11.3. The molecule has 0 amide bonds. The molecule has 2 unspecified atom stereocenters. The molecular weight excluding hydrogens is 207 g/mol. The van der Waals surface area contributed by atoms with Gasteiger partial charge in [-0.25, -0.2) is 0 Å². The van der Waals surface area contributed by atoms with Crippen molar-refractivity contribution in [2.45, 2.75) is 24.2 Å². The molecule has 1 aromatic carbocycles. The molecule has 0 aliphatic heterocycles. The van der Waals surface area contributed by atoms with Crippen LogP contribution in [0.4, 0.5) is 13.2 Å². The summed E-state index contributed by atoms with van der Waals surface area (Å²) >= 11 is 0. The van der Waals surface area contributed by atoms with Gasteiger partial charge in [0.15, 0.2) is 5.60 Å². The van der Waals surface area contributed by atoms with E-state index in [0.717, 1.165) is 0 Å². The minimum Gasteiger partial charge on any atom is -0.376 e. The van der Waals surface area contributed by atoms with E-state index in [0.29, 0.717) is 5.56 Å². The van der Waals surface area contributed by atoms with E-state index in [2.05, 4.69) is 0 Å². The third kappa shape index (κ3) is 1.34. The van der Waals surface area contributed by atoms with Crippen LogP contribution in [0.15, 0.2) is 24.3 Å². The van der Waals surface area contributed by atoms with Crippen molar-refractivity contribution in [3.63, 3.8) is 0 Å². The largest absolute Gasteiger partial charge is 0.421 e. The molecule has 1 aliphatic carbocycles. The van der Waals surface area contributed by atoms with Crippen molar-refractivity contribution in [1.29, 1.82) is 0 Å². The highest BCUT2D eigenvalue weighted by Gasteiger charge is 2.59. The van der Waals surface area contributed by atoms with Crippen molar-refractivity contribution in [2.75, 3.05) is 0 Å². The first-order valence-corrected chi connectivity index (χ1v) is 4.50. The van der Waals surface area contributed by atoms with Crippen molar-refractivity contribution in [3.05, 3.63) is 35.4 Å². The summed E-state index contributed by atoms with van der Waals surface area (Å²) in [5.41, 5.74) is 3.02. The average Bonchev–Trinajstić information content (AvgIpc) is 2.41. The molecule has 82 valence electrons. The van der Waals surface area contributed by atoms with Crippen LogP contribution in [-0.4, -0.2) is 11.3 Å². The van der Waals surface area contributed by atoms with E-state index in [-0.39, 0.29) is 5.56 Å². The van der Waals surface area contributed by atoms with Gasteiger partial charge in [0.25, 0.3) is 0 Å². The molecular formula is C10H10F3NO. The van der Waals surface area contributed by atoms with Crippen LogP contribution in [0.1, 0.15) is 23.6 Å². The van der Waals surface area contributed by atoms with Crippen molar-refractivity contribution < 1.29 is 18.3 Å². The van der Waals surface area contributed by atoms with Gasteiger partial charge in [0, 0.05) is 12.5 Å². The Hall–Kier alpha value is -1.07. The first-order valence-electron chi connectivity index (χ1n) is 4.50. The second-order valence-corrected chi connectivity index (χ2v) is 3.76. The van der Waals surface area contributed by atoms with Crippen molar-refractivity contribution >= 4 is 0 Å². The van der Waals surface area contributed by atoms with Gasteiger partial charge < -0.3 is 10.8 Å². The average molecular weight is 217 g/mol. The molecule has 0 fully saturated rings. The first-order chi connectivity index (χ1) is 6.86. The standard InChI is InChI=1S/C10H10F3NO/c11-10(12,13)9(15)5-8(14)6-3-1-2-4-7(6)9/h1-4,8,15H,5,14H2. The van der Waals surface area contributed by atoms with Gasteiger partial charge in [0.05, 0.1) is 0 Å². The van der Waals surface area contributed by atoms with E-state index < -0.39 is 24.2 Å². The predicted octanol–water partition coefficient (Wildman–Crippen LogP) is 1.84. The molecule has 0 radical (unpaired) electrons. The summed E-state index contributed by atoms with van der Waals surface area (Å²) < 4.78 is 38.1. The van der Waals surface area contributed by atoms with E-state index >= 15 is 0 Å². The molecule has 0 heterocycles. The Morgan fingerprint density at radius 2 is 1.93 bits per heavy atom. The molecule has 2 rings (SSSR count). The highest BCUT2D eigenvalue weighted by molar-refractivity contribution is 5.41. The van der Waals surface area contributed by atoms with Crippen LogP contribution in [0.25, 0.3) is 0 Å². The summed E-state index contributed by atoms with van der Waals surface area (Å²) in [4.78, 5) is 0. The number of aliphatic hydroxyl groups is 1. The summed E-state index contributed by atoms with van der Waals surface area (Å²) in [7, 11) is 0. The van der Waals surface area contributed by atoms with Crippen LogP contribution >= 0.6 is 0 Å². The number of benzene rings is 1. The Morgan fingerprint density at radius 1 is 1.33 bits per heavy atom. The number of hydrogen-bond donors (Lipinski definition) is 2. The van der Waals surface area contributed by atoms with Crippen LogP contribution in [0.5, 0.6) is 0 Å². The number of rotatable bonds is 0. The number of fused-ring (bicyclic) bond motifs is 1. The molecule has 15 heavy (non-hydrogen) atoms. The Kier molecular flexibility index (Phi) is 2.06. The monoisotopic (exact) mass is 217 g/mol. The Bertz CT molecular complexity index is 390. The summed E-state index contributed by atoms with van der Waals surface area (Å²) in [6, 6.07) is 5.11. The smallest absolute Gasteiger partial charge is 0.376 e. The van der Waals surface area contributed by atoms with Crippen molar-refractivity contribution in [1.82, 2.24) is 0 Å². The number of nitrogens with two attached hydrogens (primary N) is 1. The predicted molar refractivity (Wildman–Crippen MR) is 47.9 cm³/mol. The quantitative estimate of drug-likeness (QED) is 0.696. The van der Waals surface area contributed by atoms with Gasteiger partial charge >= 0.3 is 6.18 Å². The fourth-order valence-corrected chi connectivity index (χ4v) is 2.00. The highest BCUT2D eigenvalue weighted by Crippen LogP contribution is 2.50. The van der Waals surface area contributed by atoms with E-state index in [1.807, 2.05) is 0 Å². The van der Waals surface area contributed by atoms with Crippen molar-refractivity contribution in [3.8, 4) is 0 Å².